The first-order valence-electron chi connectivity index (χ1n) is 5.67. The van der Waals surface area contributed by atoms with Gasteiger partial charge in [0.2, 0.25) is 0 Å². The molecule has 4 rings (SSSR count). The molecule has 0 aliphatic heterocycles. The predicted octanol–water partition coefficient (Wildman–Crippen LogP) is 4.85. The van der Waals surface area contributed by atoms with Crippen LogP contribution < -0.4 is 0 Å². The van der Waals surface area contributed by atoms with Crippen molar-refractivity contribution in [2.24, 2.45) is 0 Å². The molecule has 4 aromatic carbocycles. The molecule has 92 valence electrons. The van der Waals surface area contributed by atoms with Crippen LogP contribution in [0.5, 0.6) is 0 Å². The Morgan fingerprint density at radius 2 is 1.16 bits per heavy atom. The van der Waals surface area contributed by atoms with Crippen molar-refractivity contribution in [3.63, 3.8) is 0 Å². The first-order chi connectivity index (χ1) is 8.34. The van der Waals surface area contributed by atoms with Crippen LogP contribution in [0.4, 0.5) is 0 Å². The maximum Gasteiger partial charge on any atom is 0.0485 e. The van der Waals surface area contributed by atoms with Crippen LogP contribution in [0.1, 0.15) is 0 Å². The van der Waals surface area contributed by atoms with Gasteiger partial charge in [-0.15, -0.1) is 0 Å². The van der Waals surface area contributed by atoms with Gasteiger partial charge in [-0.3, -0.25) is 0 Å². The third kappa shape index (κ3) is 2.19. The van der Waals surface area contributed by atoms with Crippen LogP contribution in [0.3, 0.4) is 0 Å². The average molecular weight is 323 g/mol. The van der Waals surface area contributed by atoms with Crippen molar-refractivity contribution in [3.05, 3.63) is 59.6 Å². The van der Waals surface area contributed by atoms with Crippen molar-refractivity contribution in [1.82, 2.24) is 0 Å². The molecule has 4 aromatic rings. The molecule has 2 radical (unpaired) electrons. The Morgan fingerprint density at radius 3 is 1.84 bits per heavy atom. The average Bonchev–Trinajstić information content (AvgIpc) is 2.38. The molecule has 0 aliphatic carbocycles. The number of hydrogen-bond donors (Lipinski definition) is 0. The van der Waals surface area contributed by atoms with E-state index in [4.69, 9.17) is 11.6 Å². The summed E-state index contributed by atoms with van der Waals surface area (Å²) >= 11 is 6.28. The van der Waals surface area contributed by atoms with Crippen molar-refractivity contribution in [2.75, 3.05) is 0 Å². The molecule has 0 nitrogen and oxygen atoms in total. The molecule has 0 bridgehead atoms. The fourth-order valence-corrected chi connectivity index (χ4v) is 2.92. The van der Waals surface area contributed by atoms with E-state index < -0.39 is 0 Å². The van der Waals surface area contributed by atoms with Gasteiger partial charge in [-0.25, -0.2) is 0 Å². The summed E-state index contributed by atoms with van der Waals surface area (Å²) < 4.78 is 0. The van der Waals surface area contributed by atoms with Crippen LogP contribution in [0.2, 0.25) is 5.02 Å². The molecule has 0 unspecified atom stereocenters. The van der Waals surface area contributed by atoms with Crippen LogP contribution in [-0.2, 0) is 17.1 Å². The van der Waals surface area contributed by atoms with Gasteiger partial charge in [-0.2, -0.15) is 0 Å². The minimum atomic E-state index is 0. The van der Waals surface area contributed by atoms with Crippen LogP contribution in [0.25, 0.3) is 32.3 Å². The molecule has 0 N–H and O–H groups in total. The molecule has 0 saturated carbocycles. The Bertz CT molecular complexity index is 841. The summed E-state index contributed by atoms with van der Waals surface area (Å²) in [6.45, 7) is 0. The van der Waals surface area contributed by atoms with Gasteiger partial charge in [-0.05, 0) is 33.0 Å². The molecule has 0 heterocycles. The van der Waals surface area contributed by atoms with Gasteiger partial charge in [0, 0.05) is 57.0 Å². The standard InChI is InChI=1S/C16H9Cl.Cu.Na/c17-14-9-7-12-5-4-10-2-1-3-11-6-8-13(14)16(12)15(10)11;;/h1-9H;;. The van der Waals surface area contributed by atoms with E-state index in [1.807, 2.05) is 6.07 Å². The largest absolute Gasteiger partial charge is 0.0837 e. The third-order valence-electron chi connectivity index (χ3n) is 3.48. The number of rotatable bonds is 0. The molecule has 3 heteroatoms. The van der Waals surface area contributed by atoms with Gasteiger partial charge >= 0.3 is 0 Å². The maximum absolute atomic E-state index is 6.28. The quantitative estimate of drug-likeness (QED) is 0.320. The molecule has 0 saturated heterocycles. The van der Waals surface area contributed by atoms with Gasteiger partial charge in [0.25, 0.3) is 0 Å². The zero-order valence-electron chi connectivity index (χ0n) is 10.4. The van der Waals surface area contributed by atoms with Gasteiger partial charge in [0.15, 0.2) is 0 Å². The minimum Gasteiger partial charge on any atom is -0.0837 e. The summed E-state index contributed by atoms with van der Waals surface area (Å²) in [5.74, 6) is 0. The first-order valence-corrected chi connectivity index (χ1v) is 6.04. The summed E-state index contributed by atoms with van der Waals surface area (Å²) in [4.78, 5) is 0. The zero-order chi connectivity index (χ0) is 11.4. The van der Waals surface area contributed by atoms with E-state index in [-0.39, 0.29) is 46.6 Å². The van der Waals surface area contributed by atoms with Crippen LogP contribution in [-0.4, -0.2) is 29.6 Å². The number of hydrogen-bond acceptors (Lipinski definition) is 0. The normalized spacial score (nSPS) is 10.6. The van der Waals surface area contributed by atoms with Crippen molar-refractivity contribution < 1.29 is 17.1 Å². The van der Waals surface area contributed by atoms with Crippen LogP contribution in [0.15, 0.2) is 54.6 Å². The first kappa shape index (κ1) is 15.1. The van der Waals surface area contributed by atoms with Gasteiger partial charge in [0.05, 0.1) is 0 Å². The van der Waals surface area contributed by atoms with Crippen molar-refractivity contribution in [3.8, 4) is 0 Å². The fourth-order valence-electron chi connectivity index (χ4n) is 2.70. The Kier molecular flexibility index (Phi) is 4.47. The van der Waals surface area contributed by atoms with Gasteiger partial charge in [0.1, 0.15) is 0 Å². The molecular weight excluding hydrogens is 314 g/mol. The summed E-state index contributed by atoms with van der Waals surface area (Å²) in [5, 5.41) is 8.40. The Labute approximate surface area is 149 Å². The predicted molar refractivity (Wildman–Crippen MR) is 80.9 cm³/mol. The molecule has 0 amide bonds. The van der Waals surface area contributed by atoms with Crippen LogP contribution >= 0.6 is 11.6 Å². The molecule has 19 heavy (non-hydrogen) atoms. The SMILES string of the molecule is Clc1ccc2ccc3cccc4ccc1c2c34.[Cu].[Na]. The van der Waals surface area contributed by atoms with E-state index in [0.29, 0.717) is 0 Å². The fraction of sp³-hybridized carbons (Fsp3) is 0. The minimum absolute atomic E-state index is 0. The van der Waals surface area contributed by atoms with Crippen molar-refractivity contribution in [1.29, 1.82) is 0 Å². The number of halogens is 1. The smallest absolute Gasteiger partial charge is 0.0485 e. The summed E-state index contributed by atoms with van der Waals surface area (Å²) in [6, 6.07) is 19.1. The van der Waals surface area contributed by atoms with E-state index >= 15 is 0 Å². The summed E-state index contributed by atoms with van der Waals surface area (Å²) in [5.41, 5.74) is 0. The molecular formula is C16H9ClCuNa. The number of benzene rings is 4. The molecule has 0 atom stereocenters. The van der Waals surface area contributed by atoms with Gasteiger partial charge in [-0.1, -0.05) is 60.1 Å². The second-order valence-corrected chi connectivity index (χ2v) is 4.81. The van der Waals surface area contributed by atoms with Crippen LogP contribution in [0, 0.1) is 0 Å². The second kappa shape index (κ2) is 5.61. The van der Waals surface area contributed by atoms with E-state index in [1.54, 1.807) is 0 Å². The van der Waals surface area contributed by atoms with Crippen molar-refractivity contribution in [2.45, 2.75) is 0 Å². The molecule has 0 spiro atoms. The topological polar surface area (TPSA) is 0 Å². The second-order valence-electron chi connectivity index (χ2n) is 4.40. The third-order valence-corrected chi connectivity index (χ3v) is 3.81. The summed E-state index contributed by atoms with van der Waals surface area (Å²) in [7, 11) is 0. The molecule has 0 fully saturated rings. The monoisotopic (exact) mass is 322 g/mol. The van der Waals surface area contributed by atoms with E-state index in [9.17, 15) is 0 Å². The van der Waals surface area contributed by atoms with E-state index in [0.717, 1.165) is 10.4 Å². The molecule has 0 aliphatic rings. The maximum atomic E-state index is 6.28. The zero-order valence-corrected chi connectivity index (χ0v) is 14.1. The van der Waals surface area contributed by atoms with Gasteiger partial charge < -0.3 is 0 Å². The van der Waals surface area contributed by atoms with E-state index in [2.05, 4.69) is 48.5 Å². The van der Waals surface area contributed by atoms with E-state index in [1.165, 1.54) is 26.9 Å². The summed E-state index contributed by atoms with van der Waals surface area (Å²) in [6.07, 6.45) is 0. The Morgan fingerprint density at radius 1 is 0.632 bits per heavy atom. The molecule has 0 aromatic heterocycles. The van der Waals surface area contributed by atoms with Crippen molar-refractivity contribution >= 4 is 73.5 Å². The Hall–Kier alpha value is -0.271. The Balaban J connectivity index is 0.000000667.